The summed E-state index contributed by atoms with van der Waals surface area (Å²) in [6.07, 6.45) is 0. The maximum Gasteiger partial charge on any atom is 0.321 e. The second-order valence-electron chi connectivity index (χ2n) is 6.76. The van der Waals surface area contributed by atoms with Crippen molar-refractivity contribution in [2.75, 3.05) is 67.6 Å². The standard InChI is InChI=1S/C19H23FN6O2/c20-15-1-3-16(4-2-15)21-19(27)26-9-7-24(8-10-26)17-5-6-18(23-22-17)25-11-13-28-14-12-25/h1-6H,7-14H2,(H,21,27). The van der Waals surface area contributed by atoms with Crippen molar-refractivity contribution in [3.8, 4) is 0 Å². The lowest BCUT2D eigenvalue weighted by atomic mass is 10.3. The van der Waals surface area contributed by atoms with Crippen LogP contribution in [0, 0.1) is 5.82 Å². The van der Waals surface area contributed by atoms with Crippen molar-refractivity contribution in [3.05, 3.63) is 42.2 Å². The third kappa shape index (κ3) is 4.30. The highest BCUT2D eigenvalue weighted by Crippen LogP contribution is 2.18. The minimum absolute atomic E-state index is 0.181. The number of anilines is 3. The van der Waals surface area contributed by atoms with Gasteiger partial charge in [0, 0.05) is 45.0 Å². The Labute approximate surface area is 162 Å². The van der Waals surface area contributed by atoms with Gasteiger partial charge in [-0.2, -0.15) is 0 Å². The molecule has 1 aromatic heterocycles. The molecule has 0 unspecified atom stereocenters. The van der Waals surface area contributed by atoms with Crippen LogP contribution < -0.4 is 15.1 Å². The Morgan fingerprint density at radius 2 is 1.43 bits per heavy atom. The molecular weight excluding hydrogens is 363 g/mol. The SMILES string of the molecule is O=C(Nc1ccc(F)cc1)N1CCN(c2ccc(N3CCOCC3)nn2)CC1. The molecule has 28 heavy (non-hydrogen) atoms. The Hall–Kier alpha value is -2.94. The van der Waals surface area contributed by atoms with E-state index in [9.17, 15) is 9.18 Å². The molecule has 1 aromatic carbocycles. The van der Waals surface area contributed by atoms with Crippen molar-refractivity contribution in [3.63, 3.8) is 0 Å². The maximum atomic E-state index is 13.0. The highest BCUT2D eigenvalue weighted by molar-refractivity contribution is 5.89. The van der Waals surface area contributed by atoms with E-state index in [1.165, 1.54) is 12.1 Å². The maximum absolute atomic E-state index is 13.0. The Kier molecular flexibility index (Phi) is 5.52. The Bertz CT molecular complexity index is 787. The first-order chi connectivity index (χ1) is 13.7. The number of nitrogens with zero attached hydrogens (tertiary/aromatic N) is 5. The number of carbonyl (C=O) groups is 1. The zero-order valence-corrected chi connectivity index (χ0v) is 15.6. The number of benzene rings is 1. The lowest BCUT2D eigenvalue weighted by Gasteiger charge is -2.35. The number of rotatable bonds is 3. The molecule has 2 aliphatic heterocycles. The van der Waals surface area contributed by atoms with Crippen molar-refractivity contribution in [2.45, 2.75) is 0 Å². The fraction of sp³-hybridized carbons (Fsp3) is 0.421. The van der Waals surface area contributed by atoms with Crippen molar-refractivity contribution in [1.29, 1.82) is 0 Å². The number of nitrogens with one attached hydrogen (secondary N) is 1. The minimum atomic E-state index is -0.327. The lowest BCUT2D eigenvalue weighted by Crippen LogP contribution is -2.50. The number of amides is 2. The van der Waals surface area contributed by atoms with Crippen molar-refractivity contribution in [2.24, 2.45) is 0 Å². The molecule has 2 saturated heterocycles. The molecule has 2 amide bonds. The van der Waals surface area contributed by atoms with Gasteiger partial charge in [-0.1, -0.05) is 0 Å². The van der Waals surface area contributed by atoms with E-state index in [0.29, 0.717) is 45.1 Å². The van der Waals surface area contributed by atoms with Gasteiger partial charge < -0.3 is 24.8 Å². The molecule has 0 atom stereocenters. The molecule has 1 N–H and O–H groups in total. The van der Waals surface area contributed by atoms with Crippen molar-refractivity contribution < 1.29 is 13.9 Å². The first-order valence-corrected chi connectivity index (χ1v) is 9.42. The van der Waals surface area contributed by atoms with Crippen LogP contribution in [0.3, 0.4) is 0 Å². The van der Waals surface area contributed by atoms with Gasteiger partial charge in [0.05, 0.1) is 13.2 Å². The summed E-state index contributed by atoms with van der Waals surface area (Å²) >= 11 is 0. The van der Waals surface area contributed by atoms with Crippen molar-refractivity contribution >= 4 is 23.4 Å². The molecule has 2 fully saturated rings. The van der Waals surface area contributed by atoms with Gasteiger partial charge in [0.15, 0.2) is 11.6 Å². The molecular formula is C19H23FN6O2. The van der Waals surface area contributed by atoms with Gasteiger partial charge in [-0.25, -0.2) is 9.18 Å². The first-order valence-electron chi connectivity index (χ1n) is 9.42. The van der Waals surface area contributed by atoms with Crippen LogP contribution in [-0.4, -0.2) is 73.6 Å². The Morgan fingerprint density at radius 1 is 0.857 bits per heavy atom. The molecule has 148 valence electrons. The molecule has 0 spiro atoms. The highest BCUT2D eigenvalue weighted by atomic mass is 19.1. The van der Waals surface area contributed by atoms with Crippen molar-refractivity contribution in [1.82, 2.24) is 15.1 Å². The van der Waals surface area contributed by atoms with Crippen LogP contribution in [0.15, 0.2) is 36.4 Å². The van der Waals surface area contributed by atoms with E-state index >= 15 is 0 Å². The number of aromatic nitrogens is 2. The summed E-state index contributed by atoms with van der Waals surface area (Å²) < 4.78 is 18.3. The molecule has 4 rings (SSSR count). The van der Waals surface area contributed by atoms with Crippen LogP contribution in [0.1, 0.15) is 0 Å². The zero-order valence-electron chi connectivity index (χ0n) is 15.6. The quantitative estimate of drug-likeness (QED) is 0.867. The largest absolute Gasteiger partial charge is 0.378 e. The predicted octanol–water partition coefficient (Wildman–Crippen LogP) is 1.81. The number of ether oxygens (including phenoxy) is 1. The summed E-state index contributed by atoms with van der Waals surface area (Å²) in [4.78, 5) is 18.4. The van der Waals surface area contributed by atoms with Crippen LogP contribution in [0.4, 0.5) is 26.5 Å². The highest BCUT2D eigenvalue weighted by Gasteiger charge is 2.22. The third-order valence-electron chi connectivity index (χ3n) is 4.96. The van der Waals surface area contributed by atoms with Gasteiger partial charge in [-0.05, 0) is 36.4 Å². The number of carbonyl (C=O) groups excluding carboxylic acids is 1. The smallest absolute Gasteiger partial charge is 0.321 e. The fourth-order valence-electron chi connectivity index (χ4n) is 3.32. The summed E-state index contributed by atoms with van der Waals surface area (Å²) in [5, 5.41) is 11.5. The zero-order chi connectivity index (χ0) is 19.3. The monoisotopic (exact) mass is 386 g/mol. The van der Waals surface area contributed by atoms with Crippen LogP contribution in [-0.2, 0) is 4.74 Å². The lowest BCUT2D eigenvalue weighted by molar-refractivity contribution is 0.122. The van der Waals surface area contributed by atoms with Gasteiger partial charge in [0.25, 0.3) is 0 Å². The molecule has 0 bridgehead atoms. The predicted molar refractivity (Wildman–Crippen MR) is 104 cm³/mol. The topological polar surface area (TPSA) is 73.8 Å². The van der Waals surface area contributed by atoms with E-state index in [1.54, 1.807) is 17.0 Å². The first kappa shape index (κ1) is 18.4. The Balaban J connectivity index is 1.29. The van der Waals surface area contributed by atoms with E-state index in [4.69, 9.17) is 4.74 Å². The molecule has 9 heteroatoms. The molecule has 2 aliphatic rings. The van der Waals surface area contributed by atoms with Gasteiger partial charge in [0.1, 0.15) is 5.82 Å². The van der Waals surface area contributed by atoms with E-state index < -0.39 is 0 Å². The van der Waals surface area contributed by atoms with Crippen LogP contribution in [0.5, 0.6) is 0 Å². The molecule has 3 heterocycles. The molecule has 0 saturated carbocycles. The van der Waals surface area contributed by atoms with Gasteiger partial charge >= 0.3 is 6.03 Å². The van der Waals surface area contributed by atoms with E-state index in [1.807, 2.05) is 12.1 Å². The second kappa shape index (κ2) is 8.39. The van der Waals surface area contributed by atoms with Gasteiger partial charge in [0.2, 0.25) is 0 Å². The summed E-state index contributed by atoms with van der Waals surface area (Å²) in [7, 11) is 0. The van der Waals surface area contributed by atoms with Crippen LogP contribution >= 0.6 is 0 Å². The van der Waals surface area contributed by atoms with Crippen LogP contribution in [0.25, 0.3) is 0 Å². The van der Waals surface area contributed by atoms with E-state index in [2.05, 4.69) is 25.3 Å². The molecule has 0 radical (unpaired) electrons. The third-order valence-corrected chi connectivity index (χ3v) is 4.96. The number of piperazine rings is 1. The summed E-state index contributed by atoms with van der Waals surface area (Å²) in [6.45, 7) is 5.62. The van der Waals surface area contributed by atoms with E-state index in [0.717, 1.165) is 24.7 Å². The number of halogens is 1. The number of urea groups is 1. The Morgan fingerprint density at radius 3 is 2.00 bits per heavy atom. The minimum Gasteiger partial charge on any atom is -0.378 e. The normalized spacial score (nSPS) is 17.5. The number of morpholine rings is 1. The second-order valence-corrected chi connectivity index (χ2v) is 6.76. The van der Waals surface area contributed by atoms with Gasteiger partial charge in [-0.15, -0.1) is 10.2 Å². The summed E-state index contributed by atoms with van der Waals surface area (Å²) in [6, 6.07) is 9.54. The number of hydrogen-bond donors (Lipinski definition) is 1. The summed E-state index contributed by atoms with van der Waals surface area (Å²) in [5.74, 6) is 1.35. The number of hydrogen-bond acceptors (Lipinski definition) is 6. The van der Waals surface area contributed by atoms with Gasteiger partial charge in [-0.3, -0.25) is 0 Å². The average Bonchev–Trinajstić information content (AvgIpc) is 2.76. The molecule has 0 aliphatic carbocycles. The summed E-state index contributed by atoms with van der Waals surface area (Å²) in [5.41, 5.74) is 0.582. The molecule has 2 aromatic rings. The van der Waals surface area contributed by atoms with E-state index in [-0.39, 0.29) is 11.8 Å². The average molecular weight is 386 g/mol. The fourth-order valence-corrected chi connectivity index (χ4v) is 3.32. The molecule has 8 nitrogen and oxygen atoms in total. The van der Waals surface area contributed by atoms with Crippen LogP contribution in [0.2, 0.25) is 0 Å².